The molecule has 0 aliphatic heterocycles. The second-order valence-electron chi connectivity index (χ2n) is 5.45. The lowest BCUT2D eigenvalue weighted by Crippen LogP contribution is -2.54. The first kappa shape index (κ1) is 18.5. The molecular weight excluding hydrogens is 363 g/mol. The van der Waals surface area contributed by atoms with E-state index in [1.807, 2.05) is 11.8 Å². The number of rotatable bonds is 7. The molecule has 9 heteroatoms. The van der Waals surface area contributed by atoms with Crippen LogP contribution in [0.5, 0.6) is 0 Å². The van der Waals surface area contributed by atoms with Gasteiger partial charge in [-0.2, -0.15) is 0 Å². The van der Waals surface area contributed by atoms with Crippen molar-refractivity contribution in [3.05, 3.63) is 28.2 Å². The first-order valence-corrected chi connectivity index (χ1v) is 9.40. The smallest absolute Gasteiger partial charge is 0.317 e. The second-order valence-corrected chi connectivity index (χ2v) is 7.92. The van der Waals surface area contributed by atoms with Gasteiger partial charge in [0.25, 0.3) is 0 Å². The second kappa shape index (κ2) is 7.36. The predicted molar refractivity (Wildman–Crippen MR) is 88.5 cm³/mol. The summed E-state index contributed by atoms with van der Waals surface area (Å²) >= 11 is 11.9. The molecule has 128 valence electrons. The van der Waals surface area contributed by atoms with Gasteiger partial charge in [0.2, 0.25) is 10.0 Å². The maximum atomic E-state index is 12.4. The Kier molecular flexibility index (Phi) is 5.91. The van der Waals surface area contributed by atoms with Gasteiger partial charge in [-0.3, -0.25) is 9.69 Å². The Morgan fingerprint density at radius 2 is 1.91 bits per heavy atom. The zero-order valence-corrected chi connectivity index (χ0v) is 14.8. The number of likely N-dealkylation sites (N-methyl/N-ethyl adjacent to an activating group) is 1. The quantitative estimate of drug-likeness (QED) is 0.756. The van der Waals surface area contributed by atoms with E-state index in [-0.39, 0.29) is 33.6 Å². The third kappa shape index (κ3) is 4.36. The van der Waals surface area contributed by atoms with Gasteiger partial charge >= 0.3 is 5.97 Å². The van der Waals surface area contributed by atoms with Crippen LogP contribution in [0.2, 0.25) is 10.0 Å². The zero-order chi connectivity index (χ0) is 17.2. The molecule has 0 spiro atoms. The fourth-order valence-corrected chi connectivity index (χ4v) is 5.08. The van der Waals surface area contributed by atoms with Gasteiger partial charge in [0, 0.05) is 12.1 Å². The lowest BCUT2D eigenvalue weighted by Gasteiger charge is -2.42. The van der Waals surface area contributed by atoms with Crippen LogP contribution in [-0.2, 0) is 14.8 Å². The number of carbonyl (C=O) groups is 1. The molecule has 6 nitrogen and oxygen atoms in total. The van der Waals surface area contributed by atoms with Crippen LogP contribution in [0.25, 0.3) is 0 Å². The number of aliphatic carboxylic acids is 1. The van der Waals surface area contributed by atoms with Gasteiger partial charge in [0.05, 0.1) is 16.6 Å². The molecule has 1 aliphatic rings. The molecule has 0 radical (unpaired) electrons. The van der Waals surface area contributed by atoms with E-state index in [4.69, 9.17) is 28.3 Å². The lowest BCUT2D eigenvalue weighted by molar-refractivity contribution is -0.139. The summed E-state index contributed by atoms with van der Waals surface area (Å²) in [5.41, 5.74) is 0. The molecule has 1 aliphatic carbocycles. The zero-order valence-electron chi connectivity index (χ0n) is 12.5. The van der Waals surface area contributed by atoms with Crippen molar-refractivity contribution < 1.29 is 18.3 Å². The minimum atomic E-state index is -3.81. The number of benzene rings is 1. The molecule has 0 amide bonds. The van der Waals surface area contributed by atoms with Gasteiger partial charge < -0.3 is 5.11 Å². The summed E-state index contributed by atoms with van der Waals surface area (Å²) in [5, 5.41) is 9.01. The number of carboxylic acids is 1. The van der Waals surface area contributed by atoms with Gasteiger partial charge in [-0.05, 0) is 31.5 Å². The van der Waals surface area contributed by atoms with Crippen LogP contribution in [0.3, 0.4) is 0 Å². The predicted octanol–water partition coefficient (Wildman–Crippen LogP) is 2.21. The van der Waals surface area contributed by atoms with Gasteiger partial charge in [-0.15, -0.1) is 0 Å². The summed E-state index contributed by atoms with van der Waals surface area (Å²) in [4.78, 5) is 12.5. The van der Waals surface area contributed by atoms with E-state index >= 15 is 0 Å². The summed E-state index contributed by atoms with van der Waals surface area (Å²) < 4.78 is 27.4. The number of nitrogens with one attached hydrogen (secondary N) is 1. The van der Waals surface area contributed by atoms with Gasteiger partial charge in [0.15, 0.2) is 0 Å². The van der Waals surface area contributed by atoms with E-state index < -0.39 is 16.0 Å². The Balaban J connectivity index is 2.01. The summed E-state index contributed by atoms with van der Waals surface area (Å²) in [6.07, 6.45) is 1.12. The number of nitrogens with zero attached hydrogens (tertiary/aromatic N) is 1. The standard InChI is InChI=1S/C14H18Cl2N2O4S/c1-2-18(8-13(19)20)10-6-9(7-10)17-23(21,22)14-11(15)4-3-5-12(14)16/h3-5,9-10,17H,2,6-8H2,1H3,(H,19,20). The minimum absolute atomic E-state index is 0.0447. The van der Waals surface area contributed by atoms with E-state index in [1.54, 1.807) is 6.07 Å². The Bertz CT molecular complexity index is 670. The highest BCUT2D eigenvalue weighted by Crippen LogP contribution is 2.32. The molecule has 0 bridgehead atoms. The first-order valence-electron chi connectivity index (χ1n) is 7.16. The molecule has 2 N–H and O–H groups in total. The average Bonchev–Trinajstić information content (AvgIpc) is 2.39. The highest BCUT2D eigenvalue weighted by molar-refractivity contribution is 7.89. The van der Waals surface area contributed by atoms with Crippen LogP contribution in [0.15, 0.2) is 23.1 Å². The van der Waals surface area contributed by atoms with Gasteiger partial charge in [0.1, 0.15) is 4.90 Å². The number of hydrogen-bond donors (Lipinski definition) is 2. The molecule has 1 fully saturated rings. The Hall–Kier alpha value is -0.860. The molecule has 0 aromatic heterocycles. The van der Waals surface area contributed by atoms with E-state index in [0.717, 1.165) is 0 Å². The third-order valence-corrected chi connectivity index (χ3v) is 6.36. The van der Waals surface area contributed by atoms with Crippen molar-refractivity contribution in [2.45, 2.75) is 36.7 Å². The van der Waals surface area contributed by atoms with Crippen LogP contribution in [0, 0.1) is 0 Å². The molecule has 23 heavy (non-hydrogen) atoms. The van der Waals surface area contributed by atoms with Crippen molar-refractivity contribution in [1.29, 1.82) is 0 Å². The lowest BCUT2D eigenvalue weighted by atomic mass is 9.86. The van der Waals surface area contributed by atoms with Crippen molar-refractivity contribution in [1.82, 2.24) is 9.62 Å². The van der Waals surface area contributed by atoms with Crippen LogP contribution < -0.4 is 4.72 Å². The highest BCUT2D eigenvalue weighted by atomic mass is 35.5. The van der Waals surface area contributed by atoms with E-state index in [0.29, 0.717) is 19.4 Å². The van der Waals surface area contributed by atoms with Crippen molar-refractivity contribution in [2.24, 2.45) is 0 Å². The highest BCUT2D eigenvalue weighted by Gasteiger charge is 2.37. The maximum absolute atomic E-state index is 12.4. The monoisotopic (exact) mass is 380 g/mol. The fourth-order valence-electron chi connectivity index (χ4n) is 2.67. The van der Waals surface area contributed by atoms with Crippen molar-refractivity contribution in [2.75, 3.05) is 13.1 Å². The van der Waals surface area contributed by atoms with Crippen LogP contribution in [0.1, 0.15) is 19.8 Å². The topological polar surface area (TPSA) is 86.7 Å². The van der Waals surface area contributed by atoms with Gasteiger partial charge in [-0.1, -0.05) is 36.2 Å². The number of carboxylic acid groups (broad SMARTS) is 1. The number of halogens is 2. The third-order valence-electron chi connectivity index (χ3n) is 3.88. The molecule has 2 rings (SSSR count). The molecule has 0 atom stereocenters. The summed E-state index contributed by atoms with van der Waals surface area (Å²) in [6.45, 7) is 2.44. The molecule has 0 unspecified atom stereocenters. The summed E-state index contributed by atoms with van der Waals surface area (Å²) in [5.74, 6) is -0.890. The number of hydrogen-bond acceptors (Lipinski definition) is 4. The Morgan fingerprint density at radius 1 is 1.35 bits per heavy atom. The normalized spacial score (nSPS) is 21.2. The molecular formula is C14H18Cl2N2O4S. The van der Waals surface area contributed by atoms with Gasteiger partial charge in [-0.25, -0.2) is 13.1 Å². The van der Waals surface area contributed by atoms with E-state index in [1.165, 1.54) is 12.1 Å². The SMILES string of the molecule is CCN(CC(=O)O)C1CC(NS(=O)(=O)c2c(Cl)cccc2Cl)C1. The Morgan fingerprint density at radius 3 is 2.39 bits per heavy atom. The largest absolute Gasteiger partial charge is 0.480 e. The average molecular weight is 381 g/mol. The minimum Gasteiger partial charge on any atom is -0.480 e. The molecule has 1 aromatic carbocycles. The fraction of sp³-hybridized carbons (Fsp3) is 0.500. The van der Waals surface area contributed by atoms with E-state index in [2.05, 4.69) is 4.72 Å². The first-order chi connectivity index (χ1) is 10.7. The number of sulfonamides is 1. The van der Waals surface area contributed by atoms with Crippen molar-refractivity contribution >= 4 is 39.2 Å². The van der Waals surface area contributed by atoms with Crippen LogP contribution in [0.4, 0.5) is 0 Å². The van der Waals surface area contributed by atoms with Crippen LogP contribution >= 0.6 is 23.2 Å². The van der Waals surface area contributed by atoms with E-state index in [9.17, 15) is 13.2 Å². The molecule has 1 aromatic rings. The van der Waals surface area contributed by atoms with Crippen molar-refractivity contribution in [3.63, 3.8) is 0 Å². The molecule has 0 heterocycles. The Labute approximate surface area is 145 Å². The summed E-state index contributed by atoms with van der Waals surface area (Å²) in [6, 6.07) is 4.33. The van der Waals surface area contributed by atoms with Crippen molar-refractivity contribution in [3.8, 4) is 0 Å². The molecule has 0 saturated heterocycles. The van der Waals surface area contributed by atoms with Crippen LogP contribution in [-0.4, -0.2) is 49.6 Å². The molecule has 1 saturated carbocycles. The maximum Gasteiger partial charge on any atom is 0.317 e. The summed E-state index contributed by atoms with van der Waals surface area (Å²) in [7, 11) is -3.81.